The van der Waals surface area contributed by atoms with Crippen LogP contribution in [0.2, 0.25) is 0 Å². The summed E-state index contributed by atoms with van der Waals surface area (Å²) in [5, 5.41) is 12.9. The molecule has 0 spiro atoms. The minimum Gasteiger partial charge on any atom is -0.393 e. The molecule has 1 aliphatic carbocycles. The first-order chi connectivity index (χ1) is 8.49. The molecule has 1 aliphatic rings. The molecule has 108 valence electrons. The smallest absolute Gasteiger partial charge is 0.393 e. The summed E-state index contributed by atoms with van der Waals surface area (Å²) in [5.41, 5.74) is 0. The first-order valence-corrected chi connectivity index (χ1v) is 6.52. The molecule has 0 amide bonds. The third-order valence-electron chi connectivity index (χ3n) is 3.18. The summed E-state index contributed by atoms with van der Waals surface area (Å²) in [6.07, 6.45) is 0.215. The van der Waals surface area contributed by atoms with Crippen LogP contribution in [0.25, 0.3) is 0 Å². The van der Waals surface area contributed by atoms with Crippen molar-refractivity contribution in [3.05, 3.63) is 0 Å². The second-order valence-electron chi connectivity index (χ2n) is 4.84. The molecule has 18 heavy (non-hydrogen) atoms. The largest absolute Gasteiger partial charge is 0.411 e. The average molecular weight is 269 g/mol. The highest BCUT2D eigenvalue weighted by atomic mass is 19.4. The quantitative estimate of drug-likeness (QED) is 0.695. The summed E-state index contributed by atoms with van der Waals surface area (Å²) in [7, 11) is 0. The minimum absolute atomic E-state index is 0.111. The third-order valence-corrected chi connectivity index (χ3v) is 3.18. The van der Waals surface area contributed by atoms with Crippen molar-refractivity contribution in [2.24, 2.45) is 5.92 Å². The van der Waals surface area contributed by atoms with Gasteiger partial charge >= 0.3 is 6.18 Å². The lowest BCUT2D eigenvalue weighted by molar-refractivity contribution is -0.173. The molecule has 0 radical (unpaired) electrons. The Labute approximate surface area is 106 Å². The van der Waals surface area contributed by atoms with Crippen LogP contribution >= 0.6 is 0 Å². The van der Waals surface area contributed by atoms with Crippen LogP contribution in [-0.2, 0) is 4.74 Å². The Hall–Kier alpha value is -0.330. The van der Waals surface area contributed by atoms with Crippen LogP contribution in [0.5, 0.6) is 0 Å². The lowest BCUT2D eigenvalue weighted by Gasteiger charge is -2.27. The lowest BCUT2D eigenvalue weighted by atomic mass is 9.86. The topological polar surface area (TPSA) is 41.5 Å². The van der Waals surface area contributed by atoms with Crippen molar-refractivity contribution in [1.29, 1.82) is 0 Å². The Bertz CT molecular complexity index is 224. The van der Waals surface area contributed by atoms with Crippen molar-refractivity contribution >= 4 is 0 Å². The summed E-state index contributed by atoms with van der Waals surface area (Å²) >= 11 is 0. The maximum atomic E-state index is 11.7. The zero-order valence-electron chi connectivity index (χ0n) is 10.5. The number of hydrogen-bond acceptors (Lipinski definition) is 3. The van der Waals surface area contributed by atoms with Gasteiger partial charge in [-0.15, -0.1) is 0 Å². The normalized spacial score (nSPS) is 25.3. The highest BCUT2D eigenvalue weighted by Gasteiger charge is 2.27. The van der Waals surface area contributed by atoms with Crippen molar-refractivity contribution in [2.75, 3.05) is 26.3 Å². The summed E-state index contributed by atoms with van der Waals surface area (Å²) in [6, 6.07) is 0. The standard InChI is InChI=1S/C12H22F3NO2/c13-12(14,15)9-18-7-3-6-16-8-10-4-1-2-5-11(10)17/h10-11,16-17H,1-9H2. The summed E-state index contributed by atoms with van der Waals surface area (Å²) in [6.45, 7) is 0.301. The maximum absolute atomic E-state index is 11.7. The van der Waals surface area contributed by atoms with Crippen LogP contribution in [0.1, 0.15) is 32.1 Å². The molecule has 3 nitrogen and oxygen atoms in total. The van der Waals surface area contributed by atoms with Gasteiger partial charge in [0.15, 0.2) is 0 Å². The number of aliphatic hydroxyl groups is 1. The molecule has 0 aromatic heterocycles. The SMILES string of the molecule is OC1CCCCC1CNCCCOCC(F)(F)F. The van der Waals surface area contributed by atoms with Gasteiger partial charge in [0.2, 0.25) is 0 Å². The van der Waals surface area contributed by atoms with Gasteiger partial charge in [-0.3, -0.25) is 0 Å². The molecule has 0 heterocycles. The number of hydrogen-bond donors (Lipinski definition) is 2. The monoisotopic (exact) mass is 269 g/mol. The predicted molar refractivity (Wildman–Crippen MR) is 62.3 cm³/mol. The van der Waals surface area contributed by atoms with E-state index in [-0.39, 0.29) is 18.6 Å². The second kappa shape index (κ2) is 7.96. The van der Waals surface area contributed by atoms with Gasteiger partial charge in [0, 0.05) is 13.2 Å². The molecular weight excluding hydrogens is 247 g/mol. The first kappa shape index (κ1) is 15.7. The lowest BCUT2D eigenvalue weighted by Crippen LogP contribution is -2.34. The molecular formula is C12H22F3NO2. The van der Waals surface area contributed by atoms with E-state index in [0.717, 1.165) is 32.2 Å². The summed E-state index contributed by atoms with van der Waals surface area (Å²) in [5.74, 6) is 0.287. The molecule has 2 unspecified atom stereocenters. The molecule has 0 bridgehead atoms. The van der Waals surface area contributed by atoms with Crippen LogP contribution in [0.15, 0.2) is 0 Å². The Kier molecular flexibility index (Phi) is 6.96. The average Bonchev–Trinajstić information content (AvgIpc) is 2.28. The van der Waals surface area contributed by atoms with Crippen molar-refractivity contribution in [2.45, 2.75) is 44.4 Å². The molecule has 0 aliphatic heterocycles. The maximum Gasteiger partial charge on any atom is 0.411 e. The number of halogens is 3. The first-order valence-electron chi connectivity index (χ1n) is 6.52. The molecule has 1 fully saturated rings. The molecule has 2 atom stereocenters. The van der Waals surface area contributed by atoms with Gasteiger partial charge in [-0.1, -0.05) is 12.8 Å². The number of rotatable bonds is 7. The van der Waals surface area contributed by atoms with Gasteiger partial charge < -0.3 is 15.2 Å². The van der Waals surface area contributed by atoms with Crippen LogP contribution in [0.4, 0.5) is 13.2 Å². The minimum atomic E-state index is -4.24. The molecule has 0 aromatic carbocycles. The van der Waals surface area contributed by atoms with E-state index in [1.807, 2.05) is 0 Å². The van der Waals surface area contributed by atoms with Crippen LogP contribution in [-0.4, -0.2) is 43.7 Å². The van der Waals surface area contributed by atoms with E-state index >= 15 is 0 Å². The molecule has 1 saturated carbocycles. The fourth-order valence-corrected chi connectivity index (χ4v) is 2.20. The molecule has 0 saturated heterocycles. The van der Waals surface area contributed by atoms with E-state index in [2.05, 4.69) is 10.1 Å². The number of ether oxygens (including phenoxy) is 1. The van der Waals surface area contributed by atoms with E-state index in [9.17, 15) is 18.3 Å². The Balaban J connectivity index is 1.92. The van der Waals surface area contributed by atoms with E-state index in [0.29, 0.717) is 13.0 Å². The van der Waals surface area contributed by atoms with Gasteiger partial charge in [0.25, 0.3) is 0 Å². The van der Waals surface area contributed by atoms with Crippen LogP contribution in [0.3, 0.4) is 0 Å². The number of nitrogens with one attached hydrogen (secondary N) is 1. The van der Waals surface area contributed by atoms with Crippen molar-refractivity contribution in [1.82, 2.24) is 5.32 Å². The second-order valence-corrected chi connectivity index (χ2v) is 4.84. The van der Waals surface area contributed by atoms with Gasteiger partial charge in [0.1, 0.15) is 6.61 Å². The zero-order valence-corrected chi connectivity index (χ0v) is 10.5. The van der Waals surface area contributed by atoms with E-state index < -0.39 is 12.8 Å². The van der Waals surface area contributed by atoms with Gasteiger partial charge in [-0.2, -0.15) is 13.2 Å². The van der Waals surface area contributed by atoms with E-state index in [4.69, 9.17) is 0 Å². The van der Waals surface area contributed by atoms with E-state index in [1.54, 1.807) is 0 Å². The number of alkyl halides is 3. The molecule has 6 heteroatoms. The Morgan fingerprint density at radius 3 is 2.61 bits per heavy atom. The van der Waals surface area contributed by atoms with Crippen molar-refractivity contribution < 1.29 is 23.0 Å². The fraction of sp³-hybridized carbons (Fsp3) is 1.00. The molecule has 2 N–H and O–H groups in total. The summed E-state index contributed by atoms with van der Waals surface area (Å²) < 4.78 is 39.7. The van der Waals surface area contributed by atoms with Crippen molar-refractivity contribution in [3.8, 4) is 0 Å². The van der Waals surface area contributed by atoms with Gasteiger partial charge in [-0.05, 0) is 31.7 Å². The van der Waals surface area contributed by atoms with Gasteiger partial charge in [0.05, 0.1) is 6.10 Å². The predicted octanol–water partition coefficient (Wildman–Crippen LogP) is 2.10. The number of aliphatic hydroxyl groups excluding tert-OH is 1. The zero-order chi connectivity index (χ0) is 13.4. The Morgan fingerprint density at radius 1 is 1.22 bits per heavy atom. The third kappa shape index (κ3) is 7.18. The highest BCUT2D eigenvalue weighted by molar-refractivity contribution is 4.75. The summed E-state index contributed by atoms with van der Waals surface area (Å²) in [4.78, 5) is 0. The molecule has 0 aromatic rings. The van der Waals surface area contributed by atoms with Crippen molar-refractivity contribution in [3.63, 3.8) is 0 Å². The fourth-order valence-electron chi connectivity index (χ4n) is 2.20. The van der Waals surface area contributed by atoms with Gasteiger partial charge in [-0.25, -0.2) is 0 Å². The van der Waals surface area contributed by atoms with Crippen LogP contribution in [0, 0.1) is 5.92 Å². The van der Waals surface area contributed by atoms with E-state index in [1.165, 1.54) is 0 Å². The van der Waals surface area contributed by atoms with Crippen LogP contribution < -0.4 is 5.32 Å². The Morgan fingerprint density at radius 2 is 1.94 bits per heavy atom. The molecule has 1 rings (SSSR count). The highest BCUT2D eigenvalue weighted by Crippen LogP contribution is 2.23.